The third kappa shape index (κ3) is 4.92. The summed E-state index contributed by atoms with van der Waals surface area (Å²) in [5, 5.41) is 19.9. The molecule has 1 saturated heterocycles. The van der Waals surface area contributed by atoms with Crippen molar-refractivity contribution in [2.75, 3.05) is 26.3 Å². The molecule has 0 aliphatic carbocycles. The highest BCUT2D eigenvalue weighted by Gasteiger charge is 2.19. The summed E-state index contributed by atoms with van der Waals surface area (Å²) in [6.07, 6.45) is 3.96. The zero-order chi connectivity index (χ0) is 14.2. The Morgan fingerprint density at radius 3 is 3.05 bits per heavy atom. The SMILES string of the molecule is OCCC#Cc1csc(CN2CCCC(CCO)C2)c1. The van der Waals surface area contributed by atoms with Crippen LogP contribution in [0.25, 0.3) is 0 Å². The van der Waals surface area contributed by atoms with Crippen LogP contribution in [0.4, 0.5) is 0 Å². The lowest BCUT2D eigenvalue weighted by atomic mass is 9.95. The van der Waals surface area contributed by atoms with Crippen LogP contribution in [0.1, 0.15) is 36.1 Å². The van der Waals surface area contributed by atoms with Crippen LogP contribution in [0.3, 0.4) is 0 Å². The minimum atomic E-state index is 0.129. The summed E-state index contributed by atoms with van der Waals surface area (Å²) in [5.41, 5.74) is 1.06. The van der Waals surface area contributed by atoms with E-state index in [1.54, 1.807) is 11.3 Å². The Hall–Kier alpha value is -0.860. The Labute approximate surface area is 125 Å². The van der Waals surface area contributed by atoms with Gasteiger partial charge in [-0.2, -0.15) is 0 Å². The van der Waals surface area contributed by atoms with Gasteiger partial charge in [-0.15, -0.1) is 11.3 Å². The zero-order valence-electron chi connectivity index (χ0n) is 11.8. The van der Waals surface area contributed by atoms with Crippen LogP contribution >= 0.6 is 11.3 Å². The second-order valence-corrected chi connectivity index (χ2v) is 6.33. The van der Waals surface area contributed by atoms with Crippen molar-refractivity contribution in [3.8, 4) is 11.8 Å². The molecule has 1 atom stereocenters. The normalized spacial score (nSPS) is 19.6. The van der Waals surface area contributed by atoms with E-state index in [0.29, 0.717) is 18.9 Å². The maximum absolute atomic E-state index is 9.05. The molecule has 4 heteroatoms. The van der Waals surface area contributed by atoms with Crippen LogP contribution in [-0.2, 0) is 6.54 Å². The molecule has 2 rings (SSSR count). The fraction of sp³-hybridized carbons (Fsp3) is 0.625. The van der Waals surface area contributed by atoms with Gasteiger partial charge in [-0.05, 0) is 37.8 Å². The number of hydrogen-bond acceptors (Lipinski definition) is 4. The number of nitrogens with zero attached hydrogens (tertiary/aromatic N) is 1. The smallest absolute Gasteiger partial charge is 0.0540 e. The van der Waals surface area contributed by atoms with Gasteiger partial charge < -0.3 is 10.2 Å². The van der Waals surface area contributed by atoms with Crippen molar-refractivity contribution in [1.29, 1.82) is 0 Å². The van der Waals surface area contributed by atoms with E-state index >= 15 is 0 Å². The molecule has 1 fully saturated rings. The van der Waals surface area contributed by atoms with E-state index in [0.717, 1.165) is 31.6 Å². The van der Waals surface area contributed by atoms with E-state index in [1.165, 1.54) is 17.7 Å². The van der Waals surface area contributed by atoms with Crippen LogP contribution in [-0.4, -0.2) is 41.4 Å². The van der Waals surface area contributed by atoms with Crippen molar-refractivity contribution in [3.05, 3.63) is 21.9 Å². The van der Waals surface area contributed by atoms with Crippen LogP contribution in [0.5, 0.6) is 0 Å². The van der Waals surface area contributed by atoms with E-state index in [1.807, 2.05) is 0 Å². The lowest BCUT2D eigenvalue weighted by Crippen LogP contribution is -2.35. The molecule has 2 N–H and O–H groups in total. The van der Waals surface area contributed by atoms with Gasteiger partial charge in [-0.1, -0.05) is 11.8 Å². The minimum absolute atomic E-state index is 0.129. The van der Waals surface area contributed by atoms with Gasteiger partial charge in [0.05, 0.1) is 6.61 Å². The molecule has 0 spiro atoms. The molecule has 0 amide bonds. The van der Waals surface area contributed by atoms with Gasteiger partial charge in [-0.25, -0.2) is 0 Å². The summed E-state index contributed by atoms with van der Waals surface area (Å²) in [7, 11) is 0. The Morgan fingerprint density at radius 2 is 2.25 bits per heavy atom. The van der Waals surface area contributed by atoms with Crippen molar-refractivity contribution < 1.29 is 10.2 Å². The lowest BCUT2D eigenvalue weighted by Gasteiger charge is -2.32. The maximum atomic E-state index is 9.05. The summed E-state index contributed by atoms with van der Waals surface area (Å²) in [5.74, 6) is 6.69. The van der Waals surface area contributed by atoms with Gasteiger partial charge in [0.25, 0.3) is 0 Å². The number of aliphatic hydroxyl groups excluding tert-OH is 2. The summed E-state index contributed by atoms with van der Waals surface area (Å²) in [6, 6.07) is 2.16. The molecule has 0 saturated carbocycles. The Morgan fingerprint density at radius 1 is 1.35 bits per heavy atom. The molecule has 1 aliphatic rings. The number of thiophene rings is 1. The molecule has 0 bridgehead atoms. The molecular weight excluding hydrogens is 270 g/mol. The number of hydrogen-bond donors (Lipinski definition) is 2. The molecule has 110 valence electrons. The van der Waals surface area contributed by atoms with Gasteiger partial charge >= 0.3 is 0 Å². The number of likely N-dealkylation sites (tertiary alicyclic amines) is 1. The maximum Gasteiger partial charge on any atom is 0.0540 e. The van der Waals surface area contributed by atoms with E-state index in [2.05, 4.69) is 28.2 Å². The predicted molar refractivity (Wildman–Crippen MR) is 82.6 cm³/mol. The highest BCUT2D eigenvalue weighted by Crippen LogP contribution is 2.23. The quantitative estimate of drug-likeness (QED) is 0.817. The molecule has 1 aliphatic heterocycles. The molecule has 2 heterocycles. The Kier molecular flexibility index (Phi) is 6.55. The molecule has 0 radical (unpaired) electrons. The predicted octanol–water partition coefficient (Wildman–Crippen LogP) is 2.08. The highest BCUT2D eigenvalue weighted by atomic mass is 32.1. The molecule has 1 aromatic rings. The largest absolute Gasteiger partial charge is 0.396 e. The molecule has 3 nitrogen and oxygen atoms in total. The van der Waals surface area contributed by atoms with Crippen LogP contribution in [0.15, 0.2) is 11.4 Å². The van der Waals surface area contributed by atoms with E-state index < -0.39 is 0 Å². The lowest BCUT2D eigenvalue weighted by molar-refractivity contribution is 0.143. The van der Waals surface area contributed by atoms with Crippen molar-refractivity contribution >= 4 is 11.3 Å². The van der Waals surface area contributed by atoms with Gasteiger partial charge in [0.2, 0.25) is 0 Å². The van der Waals surface area contributed by atoms with Gasteiger partial charge in [0.15, 0.2) is 0 Å². The second kappa shape index (κ2) is 8.43. The molecule has 20 heavy (non-hydrogen) atoms. The van der Waals surface area contributed by atoms with Crippen molar-refractivity contribution in [2.45, 2.75) is 32.2 Å². The third-order valence-corrected chi connectivity index (χ3v) is 4.56. The zero-order valence-corrected chi connectivity index (χ0v) is 12.7. The van der Waals surface area contributed by atoms with Crippen molar-refractivity contribution in [1.82, 2.24) is 4.90 Å². The molecular formula is C16H23NO2S. The molecule has 1 aromatic heterocycles. The summed E-state index contributed by atoms with van der Waals surface area (Å²) >= 11 is 1.76. The second-order valence-electron chi connectivity index (χ2n) is 5.33. The fourth-order valence-corrected chi connectivity index (χ4v) is 3.54. The van der Waals surface area contributed by atoms with Crippen LogP contribution in [0.2, 0.25) is 0 Å². The first kappa shape index (κ1) is 15.5. The van der Waals surface area contributed by atoms with Gasteiger partial charge in [0.1, 0.15) is 0 Å². The summed E-state index contributed by atoms with van der Waals surface area (Å²) in [6.45, 7) is 3.69. The van der Waals surface area contributed by atoms with Gasteiger partial charge in [-0.3, -0.25) is 4.90 Å². The third-order valence-electron chi connectivity index (χ3n) is 3.64. The number of rotatable bonds is 5. The van der Waals surface area contributed by atoms with Gasteiger partial charge in [0, 0.05) is 41.9 Å². The Balaban J connectivity index is 1.85. The van der Waals surface area contributed by atoms with E-state index in [9.17, 15) is 0 Å². The van der Waals surface area contributed by atoms with Crippen molar-refractivity contribution in [3.63, 3.8) is 0 Å². The summed E-state index contributed by atoms with van der Waals surface area (Å²) < 4.78 is 0. The van der Waals surface area contributed by atoms with Crippen molar-refractivity contribution in [2.24, 2.45) is 5.92 Å². The topological polar surface area (TPSA) is 43.7 Å². The first-order chi connectivity index (χ1) is 9.81. The first-order valence-corrected chi connectivity index (χ1v) is 8.20. The Bertz CT molecular complexity index is 459. The fourth-order valence-electron chi connectivity index (χ4n) is 2.68. The number of piperidine rings is 1. The first-order valence-electron chi connectivity index (χ1n) is 7.32. The molecule has 1 unspecified atom stereocenters. The monoisotopic (exact) mass is 293 g/mol. The van der Waals surface area contributed by atoms with Crippen LogP contribution < -0.4 is 0 Å². The molecule has 0 aromatic carbocycles. The average Bonchev–Trinajstić information content (AvgIpc) is 2.87. The summed E-state index contributed by atoms with van der Waals surface area (Å²) in [4.78, 5) is 3.84. The van der Waals surface area contributed by atoms with Crippen LogP contribution in [0, 0.1) is 17.8 Å². The minimum Gasteiger partial charge on any atom is -0.396 e. The standard InChI is InChI=1S/C16H23NO2S/c18-8-2-1-4-15-10-16(20-13-15)12-17-7-3-5-14(11-17)6-9-19/h10,13-14,18-19H,2-3,5-9,11-12H2. The highest BCUT2D eigenvalue weighted by molar-refractivity contribution is 7.10. The average molecular weight is 293 g/mol. The van der Waals surface area contributed by atoms with E-state index in [4.69, 9.17) is 10.2 Å². The number of aliphatic hydroxyl groups is 2. The van der Waals surface area contributed by atoms with E-state index in [-0.39, 0.29) is 6.61 Å².